The Morgan fingerprint density at radius 1 is 1.39 bits per heavy atom. The number of aliphatic carboxylic acids is 1. The third-order valence-electron chi connectivity index (χ3n) is 3.53. The van der Waals surface area contributed by atoms with E-state index in [1.54, 1.807) is 13.0 Å². The van der Waals surface area contributed by atoms with Crippen molar-refractivity contribution in [3.8, 4) is 0 Å². The van der Waals surface area contributed by atoms with Crippen molar-refractivity contribution in [3.05, 3.63) is 23.8 Å². The number of carboxylic acid groups (broad SMARTS) is 1. The van der Waals surface area contributed by atoms with Gasteiger partial charge in [-0.3, -0.25) is 9.59 Å². The molecular weight excluding hydrogens is 228 g/mol. The van der Waals surface area contributed by atoms with E-state index in [4.69, 9.17) is 5.11 Å². The van der Waals surface area contributed by atoms with Gasteiger partial charge >= 0.3 is 5.97 Å². The lowest BCUT2D eigenvalue weighted by Crippen LogP contribution is -2.17. The molecule has 0 amide bonds. The molecule has 0 radical (unpaired) electrons. The molecule has 1 N–H and O–H groups in total. The summed E-state index contributed by atoms with van der Waals surface area (Å²) >= 11 is 0. The summed E-state index contributed by atoms with van der Waals surface area (Å²) in [5.74, 6) is -1.02. The van der Waals surface area contributed by atoms with Crippen LogP contribution in [0.1, 0.15) is 46.5 Å². The Labute approximate surface area is 109 Å². The van der Waals surface area contributed by atoms with Gasteiger partial charge in [0.1, 0.15) is 0 Å². The smallest absolute Gasteiger partial charge is 0.306 e. The summed E-state index contributed by atoms with van der Waals surface area (Å²) in [6, 6.07) is 0. The van der Waals surface area contributed by atoms with Crippen LogP contribution in [-0.2, 0) is 9.59 Å². The average molecular weight is 250 g/mol. The quantitative estimate of drug-likeness (QED) is 0.776. The molecule has 0 saturated carbocycles. The maximum Gasteiger partial charge on any atom is 0.306 e. The number of carboxylic acids is 1. The van der Waals surface area contributed by atoms with E-state index in [-0.39, 0.29) is 17.1 Å². The Balaban J connectivity index is 2.92. The molecule has 0 heterocycles. The van der Waals surface area contributed by atoms with Crippen LogP contribution in [0.25, 0.3) is 0 Å². The minimum atomic E-state index is -0.730. The van der Waals surface area contributed by atoms with Crippen LogP contribution in [-0.4, -0.2) is 16.9 Å². The predicted octanol–water partition coefficient (Wildman–Crippen LogP) is 3.36. The Morgan fingerprint density at radius 2 is 2.06 bits per heavy atom. The highest BCUT2D eigenvalue weighted by atomic mass is 16.4. The van der Waals surface area contributed by atoms with Gasteiger partial charge in [-0.1, -0.05) is 26.0 Å². The summed E-state index contributed by atoms with van der Waals surface area (Å²) in [5.41, 5.74) is 0.571. The molecule has 0 spiro atoms. The van der Waals surface area contributed by atoms with Crippen molar-refractivity contribution in [1.82, 2.24) is 0 Å². The molecule has 1 aliphatic carbocycles. The molecular formula is C15H22O3. The van der Waals surface area contributed by atoms with Crippen LogP contribution in [0, 0.1) is 11.3 Å². The molecule has 0 aromatic carbocycles. The van der Waals surface area contributed by atoms with Crippen molar-refractivity contribution >= 4 is 11.8 Å². The molecule has 0 aliphatic heterocycles. The standard InChI is InChI=1S/C15H22O3/c1-11-5-4-6-12(14(17)18)7-9-15(2,3)10-8-13(11)16/h5,8,10,12H,4,6-7,9H2,1-3H3,(H,17,18)/b10-8+,11-5+/t12-/m0/s1. The number of carbonyl (C=O) groups excluding carboxylic acids is 1. The highest BCUT2D eigenvalue weighted by Crippen LogP contribution is 2.29. The van der Waals surface area contributed by atoms with Gasteiger partial charge in [0.2, 0.25) is 0 Å². The molecule has 0 aromatic heterocycles. The highest BCUT2D eigenvalue weighted by molar-refractivity contribution is 6.03. The number of ketones is 1. The fourth-order valence-electron chi connectivity index (χ4n) is 2.06. The predicted molar refractivity (Wildman–Crippen MR) is 71.3 cm³/mol. The maximum absolute atomic E-state index is 11.8. The summed E-state index contributed by atoms with van der Waals surface area (Å²) in [6.07, 6.45) is 8.07. The lowest BCUT2D eigenvalue weighted by Gasteiger charge is -2.22. The molecule has 0 saturated heterocycles. The Bertz CT molecular complexity index is 389. The normalized spacial score (nSPS) is 29.8. The van der Waals surface area contributed by atoms with Crippen molar-refractivity contribution in [3.63, 3.8) is 0 Å². The van der Waals surface area contributed by atoms with E-state index in [1.165, 1.54) is 0 Å². The Kier molecular flexibility index (Phi) is 4.88. The van der Waals surface area contributed by atoms with E-state index < -0.39 is 5.97 Å². The van der Waals surface area contributed by atoms with Crippen LogP contribution in [0.15, 0.2) is 23.8 Å². The van der Waals surface area contributed by atoms with E-state index in [0.717, 1.165) is 6.42 Å². The van der Waals surface area contributed by atoms with Gasteiger partial charge in [0, 0.05) is 0 Å². The number of carbonyl (C=O) groups is 2. The first-order valence-electron chi connectivity index (χ1n) is 6.45. The second-order valence-corrected chi connectivity index (χ2v) is 5.72. The molecule has 1 rings (SSSR count). The lowest BCUT2D eigenvalue weighted by atomic mass is 9.83. The van der Waals surface area contributed by atoms with Gasteiger partial charge in [0.15, 0.2) is 5.78 Å². The minimum absolute atomic E-state index is 0.0249. The first-order chi connectivity index (χ1) is 8.32. The van der Waals surface area contributed by atoms with Crippen LogP contribution in [0.5, 0.6) is 0 Å². The Hall–Kier alpha value is -1.38. The van der Waals surface area contributed by atoms with Gasteiger partial charge in [0.05, 0.1) is 5.92 Å². The van der Waals surface area contributed by atoms with E-state index >= 15 is 0 Å². The topological polar surface area (TPSA) is 54.4 Å². The zero-order valence-electron chi connectivity index (χ0n) is 11.4. The van der Waals surface area contributed by atoms with E-state index in [9.17, 15) is 9.59 Å². The number of allylic oxidation sites excluding steroid dienone is 4. The largest absolute Gasteiger partial charge is 0.481 e. The van der Waals surface area contributed by atoms with Crippen LogP contribution in [0.4, 0.5) is 0 Å². The summed E-state index contributed by atoms with van der Waals surface area (Å²) in [6.45, 7) is 5.85. The molecule has 3 nitrogen and oxygen atoms in total. The van der Waals surface area contributed by atoms with Gasteiger partial charge in [0.25, 0.3) is 0 Å². The van der Waals surface area contributed by atoms with Crippen molar-refractivity contribution in [1.29, 1.82) is 0 Å². The van der Waals surface area contributed by atoms with Crippen molar-refractivity contribution in [2.45, 2.75) is 46.5 Å². The fourth-order valence-corrected chi connectivity index (χ4v) is 2.06. The van der Waals surface area contributed by atoms with Gasteiger partial charge in [-0.15, -0.1) is 0 Å². The van der Waals surface area contributed by atoms with Crippen molar-refractivity contribution < 1.29 is 14.7 Å². The molecule has 1 aliphatic rings. The molecule has 0 unspecified atom stereocenters. The number of hydrogen-bond acceptors (Lipinski definition) is 2. The second kappa shape index (κ2) is 5.98. The molecule has 0 bridgehead atoms. The minimum Gasteiger partial charge on any atom is -0.481 e. The van der Waals surface area contributed by atoms with E-state index in [2.05, 4.69) is 0 Å². The molecule has 18 heavy (non-hydrogen) atoms. The molecule has 1 atom stereocenters. The van der Waals surface area contributed by atoms with E-state index in [1.807, 2.05) is 26.0 Å². The lowest BCUT2D eigenvalue weighted by molar-refractivity contribution is -0.142. The van der Waals surface area contributed by atoms with Gasteiger partial charge in [-0.25, -0.2) is 0 Å². The molecule has 100 valence electrons. The monoisotopic (exact) mass is 250 g/mol. The third-order valence-corrected chi connectivity index (χ3v) is 3.53. The number of rotatable bonds is 1. The first kappa shape index (κ1) is 14.7. The van der Waals surface area contributed by atoms with Gasteiger partial charge in [-0.05, 0) is 49.7 Å². The molecule has 0 aromatic rings. The molecule has 3 heteroatoms. The average Bonchev–Trinajstić information content (AvgIpc) is 2.30. The summed E-state index contributed by atoms with van der Waals surface area (Å²) in [4.78, 5) is 22.9. The molecule has 0 fully saturated rings. The second-order valence-electron chi connectivity index (χ2n) is 5.72. The van der Waals surface area contributed by atoms with Gasteiger partial charge in [-0.2, -0.15) is 0 Å². The third kappa shape index (κ3) is 4.47. The zero-order chi connectivity index (χ0) is 13.8. The maximum atomic E-state index is 11.8. The van der Waals surface area contributed by atoms with Crippen LogP contribution < -0.4 is 0 Å². The van der Waals surface area contributed by atoms with Crippen LogP contribution in [0.2, 0.25) is 0 Å². The zero-order valence-corrected chi connectivity index (χ0v) is 11.4. The van der Waals surface area contributed by atoms with Crippen molar-refractivity contribution in [2.75, 3.05) is 0 Å². The van der Waals surface area contributed by atoms with Crippen molar-refractivity contribution in [2.24, 2.45) is 11.3 Å². The summed E-state index contributed by atoms with van der Waals surface area (Å²) in [5, 5.41) is 9.17. The van der Waals surface area contributed by atoms with Crippen LogP contribution >= 0.6 is 0 Å². The first-order valence-corrected chi connectivity index (χ1v) is 6.45. The SMILES string of the molecule is C/C1=C\CC[C@H](C(=O)O)CCC(C)(C)/C=C/C1=O. The highest BCUT2D eigenvalue weighted by Gasteiger charge is 2.22. The summed E-state index contributed by atoms with van der Waals surface area (Å²) < 4.78 is 0. The van der Waals surface area contributed by atoms with Gasteiger partial charge < -0.3 is 5.11 Å². The van der Waals surface area contributed by atoms with E-state index in [0.29, 0.717) is 24.8 Å². The summed E-state index contributed by atoms with van der Waals surface area (Å²) in [7, 11) is 0. The number of hydrogen-bond donors (Lipinski definition) is 1. The Morgan fingerprint density at radius 3 is 2.67 bits per heavy atom. The van der Waals surface area contributed by atoms with Crippen LogP contribution in [0.3, 0.4) is 0 Å². The fraction of sp³-hybridized carbons (Fsp3) is 0.600.